The van der Waals surface area contributed by atoms with E-state index < -0.39 is 6.10 Å². The summed E-state index contributed by atoms with van der Waals surface area (Å²) >= 11 is 3.41. The molecule has 0 aliphatic heterocycles. The Balaban J connectivity index is 2.16. The first-order chi connectivity index (χ1) is 9.10. The van der Waals surface area contributed by atoms with E-state index >= 15 is 0 Å². The van der Waals surface area contributed by atoms with Crippen LogP contribution in [0.2, 0.25) is 0 Å². The zero-order valence-electron chi connectivity index (χ0n) is 10.5. The lowest BCUT2D eigenvalue weighted by atomic mass is 10.1. The summed E-state index contributed by atoms with van der Waals surface area (Å²) in [6, 6.07) is 12.7. The van der Waals surface area contributed by atoms with Gasteiger partial charge in [0.05, 0.1) is 12.7 Å². The van der Waals surface area contributed by atoms with Crippen LogP contribution in [0.4, 0.5) is 0 Å². The predicted molar refractivity (Wildman–Crippen MR) is 77.2 cm³/mol. The van der Waals surface area contributed by atoms with E-state index in [0.717, 1.165) is 15.6 Å². The summed E-state index contributed by atoms with van der Waals surface area (Å²) in [5.74, 6) is 1.39. The minimum absolute atomic E-state index is 0.0227. The van der Waals surface area contributed by atoms with Gasteiger partial charge in [-0.05, 0) is 42.3 Å². The Morgan fingerprint density at radius 3 is 2.26 bits per heavy atom. The van der Waals surface area contributed by atoms with E-state index in [1.54, 1.807) is 6.92 Å². The molecule has 0 aliphatic rings. The Bertz CT molecular complexity index is 550. The Kier molecular flexibility index (Phi) is 4.58. The number of ether oxygens (including phenoxy) is 1. The summed E-state index contributed by atoms with van der Waals surface area (Å²) in [7, 11) is 0. The first kappa shape index (κ1) is 14.1. The summed E-state index contributed by atoms with van der Waals surface area (Å²) in [6.07, 6.45) is -0.521. The molecule has 2 aromatic rings. The molecule has 0 amide bonds. The summed E-state index contributed by atoms with van der Waals surface area (Å²) < 4.78 is 6.51. The van der Waals surface area contributed by atoms with Crippen LogP contribution in [0.3, 0.4) is 0 Å². The van der Waals surface area contributed by atoms with Crippen LogP contribution in [-0.4, -0.2) is 10.2 Å². The van der Waals surface area contributed by atoms with E-state index in [1.165, 1.54) is 0 Å². The second-order valence-electron chi connectivity index (χ2n) is 4.26. The first-order valence-electron chi connectivity index (χ1n) is 5.95. The second kappa shape index (κ2) is 6.19. The highest BCUT2D eigenvalue weighted by Crippen LogP contribution is 2.30. The average Bonchev–Trinajstić information content (AvgIpc) is 2.39. The highest BCUT2D eigenvalue weighted by atomic mass is 79.9. The van der Waals surface area contributed by atoms with Crippen LogP contribution in [-0.2, 0) is 6.61 Å². The fourth-order valence-electron chi connectivity index (χ4n) is 1.71. The molecule has 100 valence electrons. The van der Waals surface area contributed by atoms with Crippen molar-refractivity contribution in [3.63, 3.8) is 0 Å². The molecular formula is C15H15BrO3. The molecule has 0 spiro atoms. The van der Waals surface area contributed by atoms with Crippen molar-refractivity contribution in [1.29, 1.82) is 0 Å². The van der Waals surface area contributed by atoms with Gasteiger partial charge in [-0.3, -0.25) is 0 Å². The summed E-state index contributed by atoms with van der Waals surface area (Å²) in [5.41, 5.74) is 1.67. The molecule has 0 aromatic heterocycles. The van der Waals surface area contributed by atoms with Gasteiger partial charge in [-0.1, -0.05) is 34.1 Å². The maximum absolute atomic E-state index is 9.55. The Labute approximate surface area is 120 Å². The first-order valence-corrected chi connectivity index (χ1v) is 6.74. The van der Waals surface area contributed by atoms with Crippen LogP contribution in [0.1, 0.15) is 24.2 Å². The van der Waals surface area contributed by atoms with Crippen molar-refractivity contribution >= 4 is 15.9 Å². The monoisotopic (exact) mass is 322 g/mol. The van der Waals surface area contributed by atoms with Gasteiger partial charge in [-0.15, -0.1) is 0 Å². The van der Waals surface area contributed by atoms with Crippen molar-refractivity contribution in [3.8, 4) is 11.5 Å². The number of rotatable bonds is 4. The number of benzene rings is 2. The molecule has 19 heavy (non-hydrogen) atoms. The van der Waals surface area contributed by atoms with Gasteiger partial charge in [0.2, 0.25) is 0 Å². The molecule has 0 saturated heterocycles. The largest absolute Gasteiger partial charge is 0.457 e. The third-order valence-corrected chi connectivity index (χ3v) is 3.45. The average molecular weight is 323 g/mol. The van der Waals surface area contributed by atoms with E-state index in [-0.39, 0.29) is 6.61 Å². The molecular weight excluding hydrogens is 308 g/mol. The molecule has 2 N–H and O–H groups in total. The number of aliphatic hydroxyl groups excluding tert-OH is 2. The van der Waals surface area contributed by atoms with E-state index in [9.17, 15) is 5.11 Å². The number of aliphatic hydroxyl groups is 2. The molecule has 0 bridgehead atoms. The number of halogens is 1. The SMILES string of the molecule is C[C@H](O)c1ccc(Oc2ccc(CO)cc2)cc1Br. The molecule has 0 radical (unpaired) electrons. The topological polar surface area (TPSA) is 49.7 Å². The lowest BCUT2D eigenvalue weighted by molar-refractivity contribution is 0.198. The smallest absolute Gasteiger partial charge is 0.128 e. The van der Waals surface area contributed by atoms with Gasteiger partial charge in [0, 0.05) is 4.47 Å². The Morgan fingerprint density at radius 1 is 1.11 bits per heavy atom. The lowest BCUT2D eigenvalue weighted by Gasteiger charge is -2.11. The fraction of sp³-hybridized carbons (Fsp3) is 0.200. The van der Waals surface area contributed by atoms with Gasteiger partial charge in [0.15, 0.2) is 0 Å². The predicted octanol–water partition coefficient (Wildman–Crippen LogP) is 3.79. The molecule has 0 heterocycles. The van der Waals surface area contributed by atoms with Crippen LogP contribution in [0.25, 0.3) is 0 Å². The van der Waals surface area contributed by atoms with Gasteiger partial charge >= 0.3 is 0 Å². The van der Waals surface area contributed by atoms with Crippen LogP contribution in [0, 0.1) is 0 Å². The Hall–Kier alpha value is -1.36. The van der Waals surface area contributed by atoms with Crippen LogP contribution in [0.15, 0.2) is 46.9 Å². The molecule has 0 saturated carbocycles. The van der Waals surface area contributed by atoms with Crippen LogP contribution < -0.4 is 4.74 Å². The molecule has 4 heteroatoms. The third kappa shape index (κ3) is 3.56. The van der Waals surface area contributed by atoms with E-state index in [4.69, 9.17) is 9.84 Å². The summed E-state index contributed by atoms with van der Waals surface area (Å²) in [6.45, 7) is 1.74. The van der Waals surface area contributed by atoms with Gasteiger partial charge in [0.1, 0.15) is 11.5 Å². The van der Waals surface area contributed by atoms with Crippen molar-refractivity contribution < 1.29 is 14.9 Å². The van der Waals surface area contributed by atoms with E-state index in [0.29, 0.717) is 11.5 Å². The van der Waals surface area contributed by atoms with Gasteiger partial charge in [-0.25, -0.2) is 0 Å². The molecule has 0 aliphatic carbocycles. The lowest BCUT2D eigenvalue weighted by Crippen LogP contribution is -1.93. The second-order valence-corrected chi connectivity index (χ2v) is 5.12. The molecule has 0 fully saturated rings. The number of hydrogen-bond acceptors (Lipinski definition) is 3. The summed E-state index contributed by atoms with van der Waals surface area (Å²) in [5, 5.41) is 18.5. The zero-order valence-corrected chi connectivity index (χ0v) is 12.1. The van der Waals surface area contributed by atoms with Crippen LogP contribution >= 0.6 is 15.9 Å². The van der Waals surface area contributed by atoms with Crippen molar-refractivity contribution in [2.45, 2.75) is 19.6 Å². The highest BCUT2D eigenvalue weighted by molar-refractivity contribution is 9.10. The van der Waals surface area contributed by atoms with Gasteiger partial charge in [0.25, 0.3) is 0 Å². The molecule has 1 atom stereocenters. The number of hydrogen-bond donors (Lipinski definition) is 2. The Morgan fingerprint density at radius 2 is 1.74 bits per heavy atom. The molecule has 0 unspecified atom stereocenters. The van der Waals surface area contributed by atoms with Crippen molar-refractivity contribution in [2.75, 3.05) is 0 Å². The van der Waals surface area contributed by atoms with Crippen molar-refractivity contribution in [1.82, 2.24) is 0 Å². The minimum Gasteiger partial charge on any atom is -0.457 e. The van der Waals surface area contributed by atoms with Gasteiger partial charge < -0.3 is 14.9 Å². The van der Waals surface area contributed by atoms with Gasteiger partial charge in [-0.2, -0.15) is 0 Å². The third-order valence-electron chi connectivity index (χ3n) is 2.76. The molecule has 2 aromatic carbocycles. The highest BCUT2D eigenvalue weighted by Gasteiger charge is 2.07. The fourth-order valence-corrected chi connectivity index (χ4v) is 2.40. The zero-order chi connectivity index (χ0) is 13.8. The van der Waals surface area contributed by atoms with E-state index in [1.807, 2.05) is 42.5 Å². The minimum atomic E-state index is -0.521. The van der Waals surface area contributed by atoms with E-state index in [2.05, 4.69) is 15.9 Å². The molecule has 3 nitrogen and oxygen atoms in total. The normalized spacial score (nSPS) is 12.2. The molecule has 2 rings (SSSR count). The van der Waals surface area contributed by atoms with Crippen LogP contribution in [0.5, 0.6) is 11.5 Å². The maximum Gasteiger partial charge on any atom is 0.128 e. The standard InChI is InChI=1S/C15H15BrO3/c1-10(18)14-7-6-13(8-15(14)16)19-12-4-2-11(9-17)3-5-12/h2-8,10,17-18H,9H2,1H3/t10-/m0/s1. The summed E-state index contributed by atoms with van der Waals surface area (Å²) in [4.78, 5) is 0. The van der Waals surface area contributed by atoms with Crippen molar-refractivity contribution in [2.24, 2.45) is 0 Å². The van der Waals surface area contributed by atoms with Crippen molar-refractivity contribution in [3.05, 3.63) is 58.1 Å². The quantitative estimate of drug-likeness (QED) is 0.900. The maximum atomic E-state index is 9.55.